The maximum absolute atomic E-state index is 8.33. The number of piperazine rings is 1. The monoisotopic (exact) mass is 238 g/mol. The maximum atomic E-state index is 8.33. The van der Waals surface area contributed by atoms with Gasteiger partial charge < -0.3 is 25.2 Å². The number of carbonyl (C=O) groups excluding carboxylic acids is 1. The van der Waals surface area contributed by atoms with Gasteiger partial charge in [0.05, 0.1) is 0 Å². The molecule has 13 heavy (non-hydrogen) atoms. The Kier molecular flexibility index (Phi) is 23.2. The van der Waals surface area contributed by atoms with Crippen molar-refractivity contribution in [1.82, 2.24) is 10.2 Å². The van der Waals surface area contributed by atoms with Gasteiger partial charge in [0, 0.05) is 26.2 Å². The molecule has 0 radical (unpaired) electrons. The molecule has 0 aromatic rings. The molecule has 66 valence electrons. The Hall–Kier alpha value is 2.46. The molecule has 1 fully saturated rings. The van der Waals surface area contributed by atoms with E-state index in [1.165, 1.54) is 13.1 Å². The summed E-state index contributed by atoms with van der Waals surface area (Å²) in [7, 11) is 2.15. The zero-order valence-electron chi connectivity index (χ0n) is 8.50. The van der Waals surface area contributed by atoms with Gasteiger partial charge in [-0.05, 0) is 13.2 Å². The first-order chi connectivity index (χ1) is 5.13. The topological polar surface area (TPSA) is 78.5 Å². The van der Waals surface area contributed by atoms with Crippen LogP contribution in [0.4, 0.5) is 4.79 Å². The molecule has 0 bridgehead atoms. The average Bonchev–Trinajstić information content (AvgIpc) is 1.87. The van der Waals surface area contributed by atoms with E-state index in [0.29, 0.717) is 0 Å². The summed E-state index contributed by atoms with van der Waals surface area (Å²) in [5.41, 5.74) is 0. The Morgan fingerprint density at radius 1 is 1.23 bits per heavy atom. The number of nitrogens with one attached hydrogen (secondary N) is 1. The van der Waals surface area contributed by atoms with E-state index in [9.17, 15) is 0 Å². The van der Waals surface area contributed by atoms with Crippen molar-refractivity contribution in [2.24, 2.45) is 0 Å². The predicted octanol–water partition coefficient (Wildman–Crippen LogP) is -8.92. The Labute approximate surface area is 163 Å². The van der Waals surface area contributed by atoms with Crippen LogP contribution in [0.1, 0.15) is 0 Å². The van der Waals surface area contributed by atoms with Crippen molar-refractivity contribution in [3.8, 4) is 0 Å². The van der Waals surface area contributed by atoms with Gasteiger partial charge >= 0.3 is 103 Å². The van der Waals surface area contributed by atoms with Gasteiger partial charge in [0.1, 0.15) is 0 Å². The molecule has 1 saturated heterocycles. The third-order valence-electron chi connectivity index (χ3n) is 1.34. The van der Waals surface area contributed by atoms with Crippen molar-refractivity contribution in [1.29, 1.82) is 0 Å². The van der Waals surface area contributed by atoms with Crippen LogP contribution in [0.5, 0.6) is 0 Å². The molecular weight excluding hydrogens is 226 g/mol. The van der Waals surface area contributed by atoms with Crippen LogP contribution >= 0.6 is 0 Å². The number of carbonyl (C=O) groups is 1. The number of hydrogen-bond acceptors (Lipinski definition) is 5. The van der Waals surface area contributed by atoms with Crippen LogP contribution in [0, 0.1) is 0 Å². The fourth-order valence-corrected chi connectivity index (χ4v) is 0.777. The Morgan fingerprint density at radius 3 is 1.69 bits per heavy atom. The zero-order valence-corrected chi connectivity index (χ0v) is 14.7. The fraction of sp³-hybridized carbons (Fsp3) is 0.833. The van der Waals surface area contributed by atoms with Crippen LogP contribution in [0.3, 0.4) is 0 Å². The first-order valence-electron chi connectivity index (χ1n) is 3.40. The van der Waals surface area contributed by atoms with Gasteiger partial charge in [-0.1, -0.05) is 0 Å². The summed E-state index contributed by atoms with van der Waals surface area (Å²) in [5.74, 6) is 0. The van der Waals surface area contributed by atoms with Crippen LogP contribution < -0.4 is 118 Å². The van der Waals surface area contributed by atoms with Crippen molar-refractivity contribution in [3.05, 3.63) is 0 Å². The molecule has 0 aliphatic carbocycles. The van der Waals surface area contributed by atoms with E-state index in [0.717, 1.165) is 13.1 Å². The van der Waals surface area contributed by atoms with Crippen molar-refractivity contribution in [2.45, 2.75) is 0 Å². The summed E-state index contributed by atoms with van der Waals surface area (Å²) in [5, 5.41) is 19.9. The molecule has 0 atom stereocenters. The minimum absolute atomic E-state index is 0. The summed E-state index contributed by atoms with van der Waals surface area (Å²) >= 11 is 0. The van der Waals surface area contributed by atoms with Crippen LogP contribution in [-0.2, 0) is 0 Å². The van der Waals surface area contributed by atoms with E-state index in [1.54, 1.807) is 0 Å². The first-order valence-corrected chi connectivity index (χ1v) is 3.40. The first kappa shape index (κ1) is 20.8. The molecule has 0 aromatic heterocycles. The summed E-state index contributed by atoms with van der Waals surface area (Å²) in [4.78, 5) is 10.7. The summed E-state index contributed by atoms with van der Waals surface area (Å²) < 4.78 is 0. The second-order valence-corrected chi connectivity index (χ2v) is 2.30. The van der Waals surface area contributed by atoms with Crippen molar-refractivity contribution in [3.63, 3.8) is 0 Å². The minimum atomic E-state index is -2.33. The third kappa shape index (κ3) is 20.5. The molecule has 1 aliphatic heterocycles. The molecule has 0 unspecified atom stereocenters. The molecule has 0 spiro atoms. The van der Waals surface area contributed by atoms with E-state index in [2.05, 4.69) is 17.3 Å². The summed E-state index contributed by atoms with van der Waals surface area (Å²) in [6.07, 6.45) is -2.33. The fourth-order valence-electron chi connectivity index (χ4n) is 0.777. The molecule has 1 aliphatic rings. The van der Waals surface area contributed by atoms with Gasteiger partial charge in [0.25, 0.3) is 0 Å². The molecule has 5 nitrogen and oxygen atoms in total. The SMILES string of the molecule is CN1CCNCC1.O=C([O-])[O-].[K+].[K+]. The maximum Gasteiger partial charge on any atom is 1.00 e. The van der Waals surface area contributed by atoms with E-state index >= 15 is 0 Å². The standard InChI is InChI=1S/C5H12N2.CH2O3.2K/c1-7-4-2-6-3-5-7;2-1(3)4;;/h6H,2-5H2,1H3;(H2,2,3,4);;/q;;2*+1/p-2. The Balaban J connectivity index is -0.000000150. The summed E-state index contributed by atoms with van der Waals surface area (Å²) in [6.45, 7) is 4.74. The molecule has 0 amide bonds. The van der Waals surface area contributed by atoms with Crippen LogP contribution in [0.2, 0.25) is 0 Å². The average molecular weight is 238 g/mol. The van der Waals surface area contributed by atoms with Gasteiger partial charge in [-0.2, -0.15) is 0 Å². The third-order valence-corrected chi connectivity index (χ3v) is 1.34. The molecule has 1 heterocycles. The number of rotatable bonds is 0. The van der Waals surface area contributed by atoms with Crippen LogP contribution in [-0.4, -0.2) is 44.3 Å². The van der Waals surface area contributed by atoms with E-state index in [-0.39, 0.29) is 103 Å². The quantitative estimate of drug-likeness (QED) is 0.424. The second kappa shape index (κ2) is 14.5. The Bertz CT molecular complexity index is 116. The summed E-state index contributed by atoms with van der Waals surface area (Å²) in [6, 6.07) is 0. The Morgan fingerprint density at radius 2 is 1.54 bits per heavy atom. The molecule has 1 rings (SSSR count). The van der Waals surface area contributed by atoms with E-state index in [4.69, 9.17) is 15.0 Å². The molecular formula is C6H12K2N2O3. The molecule has 7 heteroatoms. The van der Waals surface area contributed by atoms with Gasteiger partial charge in [-0.15, -0.1) is 0 Å². The minimum Gasteiger partial charge on any atom is -0.652 e. The number of hydrogen-bond donors (Lipinski definition) is 1. The van der Waals surface area contributed by atoms with E-state index in [1.807, 2.05) is 0 Å². The second-order valence-electron chi connectivity index (χ2n) is 2.30. The van der Waals surface area contributed by atoms with E-state index < -0.39 is 6.16 Å². The van der Waals surface area contributed by atoms with Gasteiger partial charge in [0.15, 0.2) is 0 Å². The normalized spacial score (nSPS) is 15.5. The van der Waals surface area contributed by atoms with Gasteiger partial charge in [-0.25, -0.2) is 0 Å². The number of carboxylic acid groups (broad SMARTS) is 2. The van der Waals surface area contributed by atoms with Gasteiger partial charge in [0.2, 0.25) is 0 Å². The van der Waals surface area contributed by atoms with Crippen LogP contribution in [0.25, 0.3) is 0 Å². The van der Waals surface area contributed by atoms with Gasteiger partial charge in [-0.3, -0.25) is 0 Å². The largest absolute Gasteiger partial charge is 1.00 e. The van der Waals surface area contributed by atoms with Crippen molar-refractivity contribution >= 4 is 6.16 Å². The number of likely N-dealkylation sites (N-methyl/N-ethyl adjacent to an activating group) is 1. The smallest absolute Gasteiger partial charge is 0.652 e. The zero-order chi connectivity index (χ0) is 8.69. The molecule has 0 saturated carbocycles. The van der Waals surface area contributed by atoms with Crippen molar-refractivity contribution < 1.29 is 118 Å². The van der Waals surface area contributed by atoms with Crippen LogP contribution in [0.15, 0.2) is 0 Å². The molecule has 0 aromatic carbocycles. The van der Waals surface area contributed by atoms with Crippen molar-refractivity contribution in [2.75, 3.05) is 33.2 Å². The molecule has 1 N–H and O–H groups in total. The predicted molar refractivity (Wildman–Crippen MR) is 35.8 cm³/mol. The number of nitrogens with zero attached hydrogens (tertiary/aromatic N) is 1.